The summed E-state index contributed by atoms with van der Waals surface area (Å²) in [5.74, 6) is -0.705. The Morgan fingerprint density at radius 1 is 1.06 bits per heavy atom. The minimum Gasteiger partial charge on any atom is -0.481 e. The first-order valence-corrected chi connectivity index (χ1v) is 7.67. The van der Waals surface area contributed by atoms with Crippen LogP contribution in [-0.4, -0.2) is 34.6 Å². The van der Waals surface area contributed by atoms with E-state index in [1.54, 1.807) is 0 Å². The van der Waals surface area contributed by atoms with Crippen LogP contribution in [0.3, 0.4) is 0 Å². The van der Waals surface area contributed by atoms with Crippen LogP contribution in [0.25, 0.3) is 0 Å². The smallest absolute Gasteiger partial charge is 0.306 e. The number of nitrogens with zero attached hydrogens (tertiary/aromatic N) is 1. The van der Waals surface area contributed by atoms with E-state index in [1.807, 2.05) is 0 Å². The van der Waals surface area contributed by atoms with E-state index >= 15 is 0 Å². The van der Waals surface area contributed by atoms with Crippen molar-refractivity contribution in [3.8, 4) is 0 Å². The quantitative estimate of drug-likeness (QED) is 0.821. The minimum atomic E-state index is -0.598. The number of carboxylic acid groups (broad SMARTS) is 1. The zero-order valence-electron chi connectivity index (χ0n) is 11.6. The summed E-state index contributed by atoms with van der Waals surface area (Å²) in [5.41, 5.74) is 0. The lowest BCUT2D eigenvalue weighted by atomic mass is 9.87. The number of hydrogen-bond donors (Lipinski definition) is 1. The van der Waals surface area contributed by atoms with Gasteiger partial charge in [0.25, 0.3) is 0 Å². The third kappa shape index (κ3) is 3.47. The van der Waals surface area contributed by atoms with Gasteiger partial charge in [-0.25, -0.2) is 0 Å². The van der Waals surface area contributed by atoms with E-state index < -0.39 is 5.97 Å². The number of likely N-dealkylation sites (tertiary alicyclic amines) is 1. The summed E-state index contributed by atoms with van der Waals surface area (Å²) in [6.07, 6.45) is 11.2. The van der Waals surface area contributed by atoms with Crippen LogP contribution in [0.4, 0.5) is 0 Å². The van der Waals surface area contributed by atoms with Crippen molar-refractivity contribution in [2.45, 2.75) is 76.8 Å². The number of hydrogen-bond acceptors (Lipinski definition) is 2. The molecule has 3 heteroatoms. The molecular weight excluding hydrogens is 226 g/mol. The van der Waals surface area contributed by atoms with Crippen molar-refractivity contribution >= 4 is 5.97 Å². The summed E-state index contributed by atoms with van der Waals surface area (Å²) in [5, 5.41) is 9.12. The molecule has 1 aliphatic heterocycles. The van der Waals surface area contributed by atoms with Gasteiger partial charge in [0.1, 0.15) is 0 Å². The Morgan fingerprint density at radius 2 is 1.67 bits per heavy atom. The highest BCUT2D eigenvalue weighted by Crippen LogP contribution is 2.29. The third-order valence-electron chi connectivity index (χ3n) is 4.82. The largest absolute Gasteiger partial charge is 0.481 e. The van der Waals surface area contributed by atoms with E-state index in [0.717, 1.165) is 25.4 Å². The van der Waals surface area contributed by atoms with Crippen LogP contribution in [0.5, 0.6) is 0 Å². The molecule has 0 bridgehead atoms. The molecule has 1 aliphatic carbocycles. The molecule has 2 rings (SSSR count). The summed E-state index contributed by atoms with van der Waals surface area (Å²) in [7, 11) is 0. The second-order valence-electron chi connectivity index (χ2n) is 6.15. The van der Waals surface area contributed by atoms with Gasteiger partial charge in [-0.2, -0.15) is 0 Å². The van der Waals surface area contributed by atoms with Gasteiger partial charge in [-0.05, 0) is 39.2 Å². The van der Waals surface area contributed by atoms with Crippen molar-refractivity contribution in [2.75, 3.05) is 6.54 Å². The molecule has 1 N–H and O–H groups in total. The monoisotopic (exact) mass is 253 g/mol. The number of carbonyl (C=O) groups is 1. The number of carboxylic acids is 1. The summed E-state index contributed by atoms with van der Waals surface area (Å²) < 4.78 is 0. The highest BCUT2D eigenvalue weighted by Gasteiger charge is 2.33. The zero-order valence-corrected chi connectivity index (χ0v) is 11.6. The summed E-state index contributed by atoms with van der Waals surface area (Å²) in [6, 6.07) is 1.17. The maximum atomic E-state index is 11.1. The molecule has 0 aromatic heterocycles. The van der Waals surface area contributed by atoms with Gasteiger partial charge in [0.15, 0.2) is 0 Å². The Hall–Kier alpha value is -0.570. The second kappa shape index (κ2) is 6.55. The molecule has 2 aliphatic rings. The number of piperidine rings is 1. The van der Waals surface area contributed by atoms with Crippen LogP contribution < -0.4 is 0 Å². The number of aliphatic carboxylic acids is 1. The van der Waals surface area contributed by atoms with Gasteiger partial charge in [0.2, 0.25) is 0 Å². The van der Waals surface area contributed by atoms with Crippen molar-refractivity contribution in [1.29, 1.82) is 0 Å². The maximum absolute atomic E-state index is 11.1. The highest BCUT2D eigenvalue weighted by molar-refractivity contribution is 5.70. The van der Waals surface area contributed by atoms with E-state index in [2.05, 4.69) is 11.8 Å². The molecule has 0 amide bonds. The first kappa shape index (κ1) is 13.9. The van der Waals surface area contributed by atoms with Gasteiger partial charge in [0, 0.05) is 12.1 Å². The normalized spacial score (nSPS) is 32.7. The fourth-order valence-electron chi connectivity index (χ4n) is 3.72. The van der Waals surface area contributed by atoms with E-state index in [0.29, 0.717) is 6.04 Å². The van der Waals surface area contributed by atoms with Crippen molar-refractivity contribution in [3.63, 3.8) is 0 Å². The lowest BCUT2D eigenvalue weighted by Crippen LogP contribution is -2.48. The van der Waals surface area contributed by atoms with E-state index in [-0.39, 0.29) is 5.92 Å². The average Bonchev–Trinajstić information content (AvgIpc) is 2.29. The van der Waals surface area contributed by atoms with E-state index in [4.69, 9.17) is 5.11 Å². The zero-order chi connectivity index (χ0) is 13.0. The predicted molar refractivity (Wildman–Crippen MR) is 72.6 cm³/mol. The van der Waals surface area contributed by atoms with Gasteiger partial charge < -0.3 is 5.11 Å². The Morgan fingerprint density at radius 3 is 2.22 bits per heavy atom. The van der Waals surface area contributed by atoms with Gasteiger partial charge >= 0.3 is 5.97 Å². The predicted octanol–water partition coefficient (Wildman–Crippen LogP) is 3.28. The lowest BCUT2D eigenvalue weighted by Gasteiger charge is -2.42. The highest BCUT2D eigenvalue weighted by atomic mass is 16.4. The maximum Gasteiger partial charge on any atom is 0.306 e. The lowest BCUT2D eigenvalue weighted by molar-refractivity contribution is -0.144. The van der Waals surface area contributed by atoms with Crippen LogP contribution >= 0.6 is 0 Å². The molecule has 2 unspecified atom stereocenters. The van der Waals surface area contributed by atoms with E-state index in [9.17, 15) is 4.79 Å². The Labute approximate surface area is 111 Å². The molecule has 0 spiro atoms. The fourth-order valence-corrected chi connectivity index (χ4v) is 3.72. The molecule has 1 saturated carbocycles. The van der Waals surface area contributed by atoms with Crippen LogP contribution in [0.15, 0.2) is 0 Å². The van der Waals surface area contributed by atoms with Crippen molar-refractivity contribution in [3.05, 3.63) is 0 Å². The minimum absolute atomic E-state index is 0.107. The molecule has 2 atom stereocenters. The molecule has 104 valence electrons. The van der Waals surface area contributed by atoms with Crippen LogP contribution in [0.1, 0.15) is 64.7 Å². The van der Waals surface area contributed by atoms with Gasteiger partial charge in [0.05, 0.1) is 5.92 Å². The number of rotatable bonds is 2. The van der Waals surface area contributed by atoms with Crippen LogP contribution in [-0.2, 0) is 4.79 Å². The molecule has 0 aromatic carbocycles. The summed E-state index contributed by atoms with van der Waals surface area (Å²) in [4.78, 5) is 13.7. The topological polar surface area (TPSA) is 40.5 Å². The van der Waals surface area contributed by atoms with Crippen molar-refractivity contribution in [1.82, 2.24) is 4.90 Å². The standard InChI is InChI=1S/C15H27NO2/c1-12-11-13(15(17)18)9-10-16(12)14-7-5-3-2-4-6-8-14/h12-14H,2-11H2,1H3,(H,17,18). The molecule has 18 heavy (non-hydrogen) atoms. The van der Waals surface area contributed by atoms with Crippen LogP contribution in [0.2, 0.25) is 0 Å². The van der Waals surface area contributed by atoms with Gasteiger partial charge in [-0.1, -0.05) is 32.1 Å². The molecular formula is C15H27NO2. The van der Waals surface area contributed by atoms with Crippen LogP contribution in [0, 0.1) is 5.92 Å². The molecule has 3 nitrogen and oxygen atoms in total. The summed E-state index contributed by atoms with van der Waals surface area (Å²) >= 11 is 0. The first-order chi connectivity index (χ1) is 8.68. The molecule has 1 saturated heterocycles. The van der Waals surface area contributed by atoms with Crippen molar-refractivity contribution in [2.24, 2.45) is 5.92 Å². The molecule has 0 aromatic rings. The SMILES string of the molecule is CC1CC(C(=O)O)CCN1C1CCCCCCC1. The fraction of sp³-hybridized carbons (Fsp3) is 0.933. The first-order valence-electron chi connectivity index (χ1n) is 7.67. The Kier molecular flexibility index (Phi) is 5.04. The average molecular weight is 253 g/mol. The second-order valence-corrected chi connectivity index (χ2v) is 6.15. The molecule has 1 heterocycles. The Balaban J connectivity index is 1.90. The molecule has 0 radical (unpaired) electrons. The van der Waals surface area contributed by atoms with Gasteiger partial charge in [-0.3, -0.25) is 9.69 Å². The summed E-state index contributed by atoms with van der Waals surface area (Å²) in [6.45, 7) is 3.21. The Bertz CT molecular complexity index is 272. The van der Waals surface area contributed by atoms with Crippen molar-refractivity contribution < 1.29 is 9.90 Å². The van der Waals surface area contributed by atoms with Gasteiger partial charge in [-0.15, -0.1) is 0 Å². The third-order valence-corrected chi connectivity index (χ3v) is 4.82. The van der Waals surface area contributed by atoms with E-state index in [1.165, 1.54) is 44.9 Å². The molecule has 2 fully saturated rings.